The van der Waals surface area contributed by atoms with E-state index in [2.05, 4.69) is 28.1 Å². The summed E-state index contributed by atoms with van der Waals surface area (Å²) >= 11 is 11.4. The van der Waals surface area contributed by atoms with Crippen LogP contribution in [0.2, 0.25) is 5.02 Å². The van der Waals surface area contributed by atoms with E-state index in [0.29, 0.717) is 0 Å². The van der Waals surface area contributed by atoms with Crippen LogP contribution in [0.25, 0.3) is 0 Å². The fraction of sp³-hybridized carbons (Fsp3) is 0.143. The topological polar surface area (TPSA) is 26.0 Å². The molecule has 4 heteroatoms. The van der Waals surface area contributed by atoms with Crippen LogP contribution in [0.5, 0.6) is 0 Å². The second kappa shape index (κ2) is 6.11. The van der Waals surface area contributed by atoms with Crippen LogP contribution in [0.15, 0.2) is 56.7 Å². The van der Waals surface area contributed by atoms with E-state index >= 15 is 0 Å². The quantitative estimate of drug-likeness (QED) is 0.822. The highest BCUT2D eigenvalue weighted by atomic mass is 79.9. The van der Waals surface area contributed by atoms with E-state index in [0.717, 1.165) is 24.8 Å². The van der Waals surface area contributed by atoms with E-state index in [-0.39, 0.29) is 6.04 Å². The van der Waals surface area contributed by atoms with Gasteiger partial charge in [-0.05, 0) is 42.8 Å². The molecule has 1 nitrogen and oxygen atoms in total. The Labute approximate surface area is 125 Å². The third-order valence-corrected chi connectivity index (χ3v) is 4.49. The van der Waals surface area contributed by atoms with Crippen molar-refractivity contribution in [1.29, 1.82) is 0 Å². The van der Waals surface area contributed by atoms with Crippen LogP contribution in [0.1, 0.15) is 18.5 Å². The van der Waals surface area contributed by atoms with Gasteiger partial charge < -0.3 is 5.73 Å². The van der Waals surface area contributed by atoms with Gasteiger partial charge in [0.05, 0.1) is 5.02 Å². The summed E-state index contributed by atoms with van der Waals surface area (Å²) in [5.41, 5.74) is 6.89. The van der Waals surface area contributed by atoms with Crippen LogP contribution in [-0.2, 0) is 0 Å². The van der Waals surface area contributed by atoms with Crippen molar-refractivity contribution in [3.05, 3.63) is 57.5 Å². The smallest absolute Gasteiger partial charge is 0.0548 e. The van der Waals surface area contributed by atoms with Crippen molar-refractivity contribution < 1.29 is 0 Å². The fourth-order valence-corrected chi connectivity index (χ4v) is 3.27. The first kappa shape index (κ1) is 13.9. The SMILES string of the molecule is C[C@H](N)c1ccc(Sc2cccc(Br)c2)c(Cl)c1. The lowest BCUT2D eigenvalue weighted by Crippen LogP contribution is -2.04. The van der Waals surface area contributed by atoms with Gasteiger partial charge in [-0.3, -0.25) is 0 Å². The lowest BCUT2D eigenvalue weighted by atomic mass is 10.1. The van der Waals surface area contributed by atoms with Crippen LogP contribution >= 0.6 is 39.3 Å². The van der Waals surface area contributed by atoms with Crippen LogP contribution in [0, 0.1) is 0 Å². The van der Waals surface area contributed by atoms with Gasteiger partial charge in [0.2, 0.25) is 0 Å². The first-order chi connectivity index (χ1) is 8.56. The van der Waals surface area contributed by atoms with Gasteiger partial charge in [-0.2, -0.15) is 0 Å². The summed E-state index contributed by atoms with van der Waals surface area (Å²) in [5, 5.41) is 0.745. The molecule has 0 aromatic heterocycles. The minimum Gasteiger partial charge on any atom is -0.324 e. The third kappa shape index (κ3) is 3.51. The summed E-state index contributed by atoms with van der Waals surface area (Å²) in [6.45, 7) is 1.95. The van der Waals surface area contributed by atoms with Crippen LogP contribution in [-0.4, -0.2) is 0 Å². The minimum absolute atomic E-state index is 0.00687. The predicted molar refractivity (Wildman–Crippen MR) is 82.3 cm³/mol. The molecule has 0 fully saturated rings. The largest absolute Gasteiger partial charge is 0.324 e. The molecule has 0 saturated heterocycles. The summed E-state index contributed by atoms with van der Waals surface area (Å²) in [6.07, 6.45) is 0. The van der Waals surface area contributed by atoms with Crippen molar-refractivity contribution in [3.8, 4) is 0 Å². The molecule has 2 aromatic carbocycles. The molecule has 0 aliphatic heterocycles. The standard InChI is InChI=1S/C14H13BrClNS/c1-9(17)10-5-6-14(13(16)7-10)18-12-4-2-3-11(15)8-12/h2-9H,17H2,1H3/t9-/m0/s1. The molecule has 0 saturated carbocycles. The van der Waals surface area contributed by atoms with Gasteiger partial charge in [-0.1, -0.05) is 51.4 Å². The molecule has 2 rings (SSSR count). The summed E-state index contributed by atoms with van der Waals surface area (Å²) in [7, 11) is 0. The molecule has 0 aliphatic carbocycles. The zero-order valence-electron chi connectivity index (χ0n) is 9.86. The van der Waals surface area contributed by atoms with Crippen molar-refractivity contribution in [2.45, 2.75) is 22.8 Å². The van der Waals surface area contributed by atoms with Crippen molar-refractivity contribution in [2.75, 3.05) is 0 Å². The van der Waals surface area contributed by atoms with Crippen LogP contribution in [0.3, 0.4) is 0 Å². The minimum atomic E-state index is 0.00687. The van der Waals surface area contributed by atoms with Crippen molar-refractivity contribution >= 4 is 39.3 Å². The molecule has 18 heavy (non-hydrogen) atoms. The highest BCUT2D eigenvalue weighted by Crippen LogP contribution is 2.35. The van der Waals surface area contributed by atoms with E-state index in [1.807, 2.05) is 37.3 Å². The molecule has 0 aliphatic rings. The Hall–Kier alpha value is -0.480. The number of rotatable bonds is 3. The van der Waals surface area contributed by atoms with Gasteiger partial charge in [0, 0.05) is 20.3 Å². The molecule has 0 heterocycles. The zero-order chi connectivity index (χ0) is 13.1. The molecule has 2 aromatic rings. The van der Waals surface area contributed by atoms with Gasteiger partial charge in [0.15, 0.2) is 0 Å². The number of halogens is 2. The second-order valence-electron chi connectivity index (χ2n) is 4.04. The molecule has 0 spiro atoms. The normalized spacial score (nSPS) is 12.4. The summed E-state index contributed by atoms with van der Waals surface area (Å²) in [4.78, 5) is 2.19. The van der Waals surface area contributed by atoms with Crippen molar-refractivity contribution in [3.63, 3.8) is 0 Å². The van der Waals surface area contributed by atoms with Crippen molar-refractivity contribution in [1.82, 2.24) is 0 Å². The lowest BCUT2D eigenvalue weighted by molar-refractivity contribution is 0.817. The maximum absolute atomic E-state index is 6.28. The van der Waals surface area contributed by atoms with Gasteiger partial charge in [-0.25, -0.2) is 0 Å². The number of benzene rings is 2. The van der Waals surface area contributed by atoms with E-state index < -0.39 is 0 Å². The van der Waals surface area contributed by atoms with Gasteiger partial charge >= 0.3 is 0 Å². The lowest BCUT2D eigenvalue weighted by Gasteiger charge is -2.09. The average Bonchev–Trinajstić information content (AvgIpc) is 2.31. The third-order valence-electron chi connectivity index (χ3n) is 2.51. The van der Waals surface area contributed by atoms with E-state index in [4.69, 9.17) is 17.3 Å². The molecular weight excluding hydrogens is 330 g/mol. The Balaban J connectivity index is 2.24. The Morgan fingerprint density at radius 2 is 2.00 bits per heavy atom. The fourth-order valence-electron chi connectivity index (χ4n) is 1.54. The van der Waals surface area contributed by atoms with E-state index in [1.54, 1.807) is 11.8 Å². The predicted octanol–water partition coefficient (Wildman–Crippen LogP) is 5.27. The number of hydrogen-bond donors (Lipinski definition) is 1. The van der Waals surface area contributed by atoms with E-state index in [1.165, 1.54) is 0 Å². The van der Waals surface area contributed by atoms with Crippen LogP contribution < -0.4 is 5.73 Å². The molecule has 0 unspecified atom stereocenters. The summed E-state index contributed by atoms with van der Waals surface area (Å²) in [6, 6.07) is 14.1. The Morgan fingerprint density at radius 1 is 1.22 bits per heavy atom. The van der Waals surface area contributed by atoms with Crippen molar-refractivity contribution in [2.24, 2.45) is 5.73 Å². The molecule has 1 atom stereocenters. The first-order valence-corrected chi connectivity index (χ1v) is 7.53. The molecule has 0 radical (unpaired) electrons. The monoisotopic (exact) mass is 341 g/mol. The number of hydrogen-bond acceptors (Lipinski definition) is 2. The maximum atomic E-state index is 6.28. The van der Waals surface area contributed by atoms with Gasteiger partial charge in [0.25, 0.3) is 0 Å². The first-order valence-electron chi connectivity index (χ1n) is 5.54. The highest BCUT2D eigenvalue weighted by molar-refractivity contribution is 9.10. The summed E-state index contributed by atoms with van der Waals surface area (Å²) in [5.74, 6) is 0. The Kier molecular flexibility index (Phi) is 4.73. The molecule has 94 valence electrons. The molecule has 2 N–H and O–H groups in total. The Morgan fingerprint density at radius 3 is 2.61 bits per heavy atom. The number of nitrogens with two attached hydrogens (primary N) is 1. The van der Waals surface area contributed by atoms with E-state index in [9.17, 15) is 0 Å². The summed E-state index contributed by atoms with van der Waals surface area (Å²) < 4.78 is 1.07. The molecule has 0 amide bonds. The Bertz CT molecular complexity index is 557. The van der Waals surface area contributed by atoms with Gasteiger partial charge in [-0.15, -0.1) is 0 Å². The molecular formula is C14H13BrClNS. The zero-order valence-corrected chi connectivity index (χ0v) is 13.0. The van der Waals surface area contributed by atoms with Gasteiger partial charge in [0.1, 0.15) is 0 Å². The highest BCUT2D eigenvalue weighted by Gasteiger charge is 2.06. The maximum Gasteiger partial charge on any atom is 0.0548 e. The second-order valence-corrected chi connectivity index (χ2v) is 6.48. The molecule has 0 bridgehead atoms. The van der Waals surface area contributed by atoms with Crippen LogP contribution in [0.4, 0.5) is 0 Å². The average molecular weight is 343 g/mol.